The summed E-state index contributed by atoms with van der Waals surface area (Å²) < 4.78 is 0. The van der Waals surface area contributed by atoms with Crippen molar-refractivity contribution >= 4 is 17.3 Å². The summed E-state index contributed by atoms with van der Waals surface area (Å²) >= 11 is 5.96. The van der Waals surface area contributed by atoms with E-state index in [9.17, 15) is 0 Å². The van der Waals surface area contributed by atoms with Gasteiger partial charge in [-0.1, -0.05) is 49.2 Å². The van der Waals surface area contributed by atoms with Crippen LogP contribution in [0.25, 0.3) is 0 Å². The molecule has 1 aliphatic heterocycles. The molecule has 1 aliphatic rings. The first-order valence-electron chi connectivity index (χ1n) is 7.40. The van der Waals surface area contributed by atoms with Gasteiger partial charge in [-0.15, -0.1) is 0 Å². The Labute approximate surface area is 126 Å². The maximum atomic E-state index is 5.96. The molecule has 0 fully saturated rings. The molecule has 1 heterocycles. The van der Waals surface area contributed by atoms with Gasteiger partial charge in [0.25, 0.3) is 0 Å². The molecule has 1 nitrogen and oxygen atoms in total. The molecule has 104 valence electrons. The quantitative estimate of drug-likeness (QED) is 0.794. The molecule has 2 aromatic carbocycles. The van der Waals surface area contributed by atoms with Gasteiger partial charge in [0.2, 0.25) is 0 Å². The Morgan fingerprint density at radius 2 is 1.95 bits per heavy atom. The maximum absolute atomic E-state index is 5.96. The second kappa shape index (κ2) is 5.88. The lowest BCUT2D eigenvalue weighted by molar-refractivity contribution is 0.792. The zero-order valence-electron chi connectivity index (χ0n) is 11.8. The van der Waals surface area contributed by atoms with E-state index in [2.05, 4.69) is 42.6 Å². The smallest absolute Gasteiger partial charge is 0.0555 e. The molecular weight excluding hydrogens is 266 g/mol. The monoisotopic (exact) mass is 285 g/mol. The summed E-state index contributed by atoms with van der Waals surface area (Å²) in [6.07, 6.45) is 4.78. The number of rotatable bonds is 4. The molecular formula is C18H20ClN. The average molecular weight is 286 g/mol. The molecule has 0 saturated carbocycles. The van der Waals surface area contributed by atoms with Gasteiger partial charge >= 0.3 is 0 Å². The molecule has 0 bridgehead atoms. The van der Waals surface area contributed by atoms with Gasteiger partial charge in [0.15, 0.2) is 0 Å². The fourth-order valence-corrected chi connectivity index (χ4v) is 2.97. The third-order valence-corrected chi connectivity index (χ3v) is 4.27. The number of aryl methyl sites for hydroxylation is 1. The highest BCUT2D eigenvalue weighted by molar-refractivity contribution is 6.30. The summed E-state index contributed by atoms with van der Waals surface area (Å²) in [6.45, 7) is 2.24. The predicted molar refractivity (Wildman–Crippen MR) is 86.6 cm³/mol. The van der Waals surface area contributed by atoms with Crippen LogP contribution in [0, 0.1) is 0 Å². The first-order valence-corrected chi connectivity index (χ1v) is 7.78. The van der Waals surface area contributed by atoms with Crippen LogP contribution in [-0.2, 0) is 12.8 Å². The molecule has 20 heavy (non-hydrogen) atoms. The van der Waals surface area contributed by atoms with Crippen LogP contribution in [0.5, 0.6) is 0 Å². The Bertz CT molecular complexity index is 589. The van der Waals surface area contributed by atoms with E-state index in [0.29, 0.717) is 6.04 Å². The van der Waals surface area contributed by atoms with Crippen LogP contribution in [0.3, 0.4) is 0 Å². The van der Waals surface area contributed by atoms with Crippen LogP contribution >= 0.6 is 11.6 Å². The normalized spacial score (nSPS) is 16.8. The van der Waals surface area contributed by atoms with Crippen molar-refractivity contribution in [1.82, 2.24) is 0 Å². The number of nitrogens with one attached hydrogen (secondary N) is 1. The summed E-state index contributed by atoms with van der Waals surface area (Å²) in [5, 5.41) is 4.41. The van der Waals surface area contributed by atoms with Crippen LogP contribution in [0.1, 0.15) is 42.5 Å². The highest BCUT2D eigenvalue weighted by Gasteiger charge is 2.21. The molecule has 2 aromatic rings. The van der Waals surface area contributed by atoms with Crippen molar-refractivity contribution in [3.05, 3.63) is 64.2 Å². The molecule has 0 aromatic heterocycles. The van der Waals surface area contributed by atoms with Crippen LogP contribution in [0.4, 0.5) is 5.69 Å². The van der Waals surface area contributed by atoms with E-state index < -0.39 is 0 Å². The Balaban J connectivity index is 1.76. The van der Waals surface area contributed by atoms with Crippen LogP contribution in [0.2, 0.25) is 5.02 Å². The van der Waals surface area contributed by atoms with Crippen molar-refractivity contribution in [2.45, 2.75) is 38.6 Å². The number of hydrogen-bond donors (Lipinski definition) is 1. The predicted octanol–water partition coefficient (Wildman–Crippen LogP) is 5.39. The lowest BCUT2D eigenvalue weighted by atomic mass is 10.0. The number of anilines is 1. The van der Waals surface area contributed by atoms with E-state index in [4.69, 9.17) is 11.6 Å². The summed E-state index contributed by atoms with van der Waals surface area (Å²) in [6, 6.07) is 15.4. The maximum Gasteiger partial charge on any atom is 0.0555 e. The van der Waals surface area contributed by atoms with E-state index in [1.165, 1.54) is 41.6 Å². The molecule has 3 rings (SSSR count). The van der Waals surface area contributed by atoms with Crippen LogP contribution in [-0.4, -0.2) is 0 Å². The van der Waals surface area contributed by atoms with E-state index in [-0.39, 0.29) is 0 Å². The Hall–Kier alpha value is -1.47. The van der Waals surface area contributed by atoms with Crippen LogP contribution in [0.15, 0.2) is 42.5 Å². The van der Waals surface area contributed by atoms with Crippen molar-refractivity contribution in [2.24, 2.45) is 0 Å². The van der Waals surface area contributed by atoms with Gasteiger partial charge < -0.3 is 5.32 Å². The largest absolute Gasteiger partial charge is 0.378 e. The van der Waals surface area contributed by atoms with Crippen molar-refractivity contribution in [3.8, 4) is 0 Å². The molecule has 0 radical (unpaired) electrons. The van der Waals surface area contributed by atoms with E-state index in [1.807, 2.05) is 12.1 Å². The van der Waals surface area contributed by atoms with E-state index in [1.54, 1.807) is 0 Å². The second-order valence-corrected chi connectivity index (χ2v) is 5.98. The summed E-state index contributed by atoms with van der Waals surface area (Å²) in [7, 11) is 0. The Morgan fingerprint density at radius 3 is 2.70 bits per heavy atom. The average Bonchev–Trinajstić information content (AvgIpc) is 2.89. The number of benzene rings is 2. The van der Waals surface area contributed by atoms with Crippen molar-refractivity contribution in [1.29, 1.82) is 0 Å². The molecule has 0 spiro atoms. The highest BCUT2D eigenvalue weighted by atomic mass is 35.5. The SMILES string of the molecule is CCCCc1ccc2c(c1)CC(c1ccc(Cl)cc1)N2. The molecule has 0 saturated heterocycles. The molecule has 1 atom stereocenters. The highest BCUT2D eigenvalue weighted by Crippen LogP contribution is 2.35. The summed E-state index contributed by atoms with van der Waals surface area (Å²) in [4.78, 5) is 0. The fourth-order valence-electron chi connectivity index (χ4n) is 2.85. The summed E-state index contributed by atoms with van der Waals surface area (Å²) in [5.41, 5.74) is 5.49. The van der Waals surface area contributed by atoms with Gasteiger partial charge in [0.05, 0.1) is 6.04 Å². The standard InChI is InChI=1S/C18H20ClN/c1-2-3-4-13-5-10-17-15(11-13)12-18(20-17)14-6-8-16(19)9-7-14/h5-11,18,20H,2-4,12H2,1H3. The summed E-state index contributed by atoms with van der Waals surface area (Å²) in [5.74, 6) is 0. The van der Waals surface area contributed by atoms with Crippen LogP contribution < -0.4 is 5.32 Å². The number of fused-ring (bicyclic) bond motifs is 1. The molecule has 0 aliphatic carbocycles. The van der Waals surface area contributed by atoms with Gasteiger partial charge in [-0.2, -0.15) is 0 Å². The number of unbranched alkanes of at least 4 members (excludes halogenated alkanes) is 1. The minimum absolute atomic E-state index is 0.378. The topological polar surface area (TPSA) is 12.0 Å². The molecule has 1 N–H and O–H groups in total. The van der Waals surface area contributed by atoms with Gasteiger partial charge in [-0.05, 0) is 54.2 Å². The Morgan fingerprint density at radius 1 is 1.15 bits per heavy atom. The van der Waals surface area contributed by atoms with Gasteiger partial charge in [-0.25, -0.2) is 0 Å². The van der Waals surface area contributed by atoms with Crippen molar-refractivity contribution < 1.29 is 0 Å². The zero-order chi connectivity index (χ0) is 13.9. The van der Waals surface area contributed by atoms with Gasteiger partial charge in [0.1, 0.15) is 0 Å². The number of halogens is 1. The van der Waals surface area contributed by atoms with Gasteiger partial charge in [0, 0.05) is 10.7 Å². The second-order valence-electron chi connectivity index (χ2n) is 5.55. The fraction of sp³-hybridized carbons (Fsp3) is 0.333. The minimum atomic E-state index is 0.378. The van der Waals surface area contributed by atoms with E-state index >= 15 is 0 Å². The minimum Gasteiger partial charge on any atom is -0.378 e. The Kier molecular flexibility index (Phi) is 3.98. The lowest BCUT2D eigenvalue weighted by Gasteiger charge is -2.11. The van der Waals surface area contributed by atoms with Crippen molar-refractivity contribution in [2.75, 3.05) is 5.32 Å². The third kappa shape index (κ3) is 2.83. The van der Waals surface area contributed by atoms with Crippen molar-refractivity contribution in [3.63, 3.8) is 0 Å². The van der Waals surface area contributed by atoms with Gasteiger partial charge in [-0.3, -0.25) is 0 Å². The number of hydrogen-bond acceptors (Lipinski definition) is 1. The molecule has 2 heteroatoms. The zero-order valence-corrected chi connectivity index (χ0v) is 12.6. The molecule has 0 amide bonds. The van der Waals surface area contributed by atoms with E-state index in [0.717, 1.165) is 11.4 Å². The third-order valence-electron chi connectivity index (χ3n) is 4.01. The first-order chi connectivity index (χ1) is 9.76. The first kappa shape index (κ1) is 13.5. The molecule has 1 unspecified atom stereocenters. The lowest BCUT2D eigenvalue weighted by Crippen LogP contribution is -2.04.